The fourth-order valence-corrected chi connectivity index (χ4v) is 3.27. The first-order valence-corrected chi connectivity index (χ1v) is 7.63. The summed E-state index contributed by atoms with van der Waals surface area (Å²) in [6, 6.07) is 0.0765. The molecule has 1 aliphatic rings. The molecule has 1 atom stereocenters. The largest absolute Gasteiger partial charge is 0.377 e. The monoisotopic (exact) mass is 281 g/mol. The Morgan fingerprint density at radius 1 is 1.45 bits per heavy atom. The number of hydrogen-bond donors (Lipinski definition) is 2. The fraction of sp³-hybridized carbons (Fsp3) is 0.857. The van der Waals surface area contributed by atoms with E-state index in [4.69, 9.17) is 10.6 Å². The summed E-state index contributed by atoms with van der Waals surface area (Å²) in [6.45, 7) is 3.04. The van der Waals surface area contributed by atoms with E-state index >= 15 is 0 Å². The molecule has 1 aromatic heterocycles. The van der Waals surface area contributed by atoms with Crippen molar-refractivity contribution in [2.75, 3.05) is 7.11 Å². The SMILES string of the molecule is CCCn1ncnc1CC(NN)C1(OC)CCCCC1. The van der Waals surface area contributed by atoms with Gasteiger partial charge in [-0.25, -0.2) is 4.98 Å². The highest BCUT2D eigenvalue weighted by Gasteiger charge is 2.40. The minimum Gasteiger partial charge on any atom is -0.377 e. The smallest absolute Gasteiger partial charge is 0.138 e. The molecule has 0 aromatic carbocycles. The van der Waals surface area contributed by atoms with Crippen LogP contribution in [0.25, 0.3) is 0 Å². The van der Waals surface area contributed by atoms with Gasteiger partial charge in [0.15, 0.2) is 0 Å². The Morgan fingerprint density at radius 2 is 2.20 bits per heavy atom. The maximum atomic E-state index is 5.88. The molecule has 1 unspecified atom stereocenters. The number of aryl methyl sites for hydroxylation is 1. The van der Waals surface area contributed by atoms with Crippen molar-refractivity contribution in [2.45, 2.75) is 70.1 Å². The summed E-state index contributed by atoms with van der Waals surface area (Å²) in [5, 5.41) is 4.28. The quantitative estimate of drug-likeness (QED) is 0.583. The maximum Gasteiger partial charge on any atom is 0.138 e. The van der Waals surface area contributed by atoms with Crippen LogP contribution in [0.3, 0.4) is 0 Å². The predicted molar refractivity (Wildman–Crippen MR) is 78.0 cm³/mol. The summed E-state index contributed by atoms with van der Waals surface area (Å²) in [7, 11) is 1.80. The van der Waals surface area contributed by atoms with Crippen molar-refractivity contribution >= 4 is 0 Å². The maximum absolute atomic E-state index is 5.88. The van der Waals surface area contributed by atoms with Crippen molar-refractivity contribution in [3.8, 4) is 0 Å². The molecule has 0 radical (unpaired) electrons. The number of rotatable bonds is 7. The topological polar surface area (TPSA) is 78.0 Å². The molecule has 6 nitrogen and oxygen atoms in total. The van der Waals surface area contributed by atoms with Crippen molar-refractivity contribution in [3.05, 3.63) is 12.2 Å². The van der Waals surface area contributed by atoms with Crippen LogP contribution in [0.5, 0.6) is 0 Å². The summed E-state index contributed by atoms with van der Waals surface area (Å²) < 4.78 is 7.85. The highest BCUT2D eigenvalue weighted by atomic mass is 16.5. The lowest BCUT2D eigenvalue weighted by Crippen LogP contribution is -2.56. The van der Waals surface area contributed by atoms with Gasteiger partial charge in [-0.2, -0.15) is 5.10 Å². The third-order valence-electron chi connectivity index (χ3n) is 4.46. The number of hydrazine groups is 1. The summed E-state index contributed by atoms with van der Waals surface area (Å²) >= 11 is 0. The lowest BCUT2D eigenvalue weighted by atomic mass is 9.78. The van der Waals surface area contributed by atoms with Crippen molar-refractivity contribution < 1.29 is 4.74 Å². The van der Waals surface area contributed by atoms with Crippen LogP contribution in [0.15, 0.2) is 6.33 Å². The van der Waals surface area contributed by atoms with E-state index in [-0.39, 0.29) is 11.6 Å². The molecule has 1 aliphatic carbocycles. The van der Waals surface area contributed by atoms with Crippen molar-refractivity contribution in [1.82, 2.24) is 20.2 Å². The van der Waals surface area contributed by atoms with E-state index in [2.05, 4.69) is 22.4 Å². The molecule has 0 aliphatic heterocycles. The van der Waals surface area contributed by atoms with Gasteiger partial charge in [0, 0.05) is 20.1 Å². The first-order valence-electron chi connectivity index (χ1n) is 7.63. The Labute approximate surface area is 121 Å². The van der Waals surface area contributed by atoms with E-state index in [0.717, 1.165) is 38.1 Å². The molecule has 20 heavy (non-hydrogen) atoms. The zero-order valence-electron chi connectivity index (χ0n) is 12.6. The Morgan fingerprint density at radius 3 is 2.80 bits per heavy atom. The number of nitrogens with two attached hydrogens (primary N) is 1. The number of aromatic nitrogens is 3. The van der Waals surface area contributed by atoms with E-state index in [1.807, 2.05) is 4.68 Å². The van der Waals surface area contributed by atoms with E-state index in [0.29, 0.717) is 0 Å². The minimum atomic E-state index is -0.171. The summed E-state index contributed by atoms with van der Waals surface area (Å²) in [5.41, 5.74) is 2.79. The molecule has 1 heterocycles. The standard InChI is InChI=1S/C14H27N5O/c1-3-9-19-13(16-11-17-19)10-12(18-15)14(20-2)7-5-4-6-8-14/h11-12,18H,3-10,15H2,1-2H3. The van der Waals surface area contributed by atoms with Gasteiger partial charge in [0.1, 0.15) is 12.2 Å². The van der Waals surface area contributed by atoms with Gasteiger partial charge in [-0.05, 0) is 19.3 Å². The first kappa shape index (κ1) is 15.4. The Bertz CT molecular complexity index is 400. The van der Waals surface area contributed by atoms with Gasteiger partial charge in [0.2, 0.25) is 0 Å². The molecule has 0 amide bonds. The molecule has 1 fully saturated rings. The van der Waals surface area contributed by atoms with Crippen LogP contribution >= 0.6 is 0 Å². The fourth-order valence-electron chi connectivity index (χ4n) is 3.27. The van der Waals surface area contributed by atoms with Gasteiger partial charge >= 0.3 is 0 Å². The van der Waals surface area contributed by atoms with Gasteiger partial charge in [0.25, 0.3) is 0 Å². The van der Waals surface area contributed by atoms with E-state index in [1.54, 1.807) is 13.4 Å². The van der Waals surface area contributed by atoms with Gasteiger partial charge in [-0.15, -0.1) is 0 Å². The predicted octanol–water partition coefficient (Wildman–Crippen LogP) is 1.41. The molecule has 0 saturated heterocycles. The normalized spacial score (nSPS) is 19.9. The van der Waals surface area contributed by atoms with Gasteiger partial charge < -0.3 is 4.74 Å². The second-order valence-electron chi connectivity index (χ2n) is 5.65. The summed E-state index contributed by atoms with van der Waals surface area (Å²) in [6.07, 6.45) is 9.23. The van der Waals surface area contributed by atoms with Crippen LogP contribution < -0.4 is 11.3 Å². The Balaban J connectivity index is 2.12. The first-order chi connectivity index (χ1) is 9.75. The third-order valence-corrected chi connectivity index (χ3v) is 4.46. The minimum absolute atomic E-state index is 0.0765. The highest BCUT2D eigenvalue weighted by molar-refractivity contribution is 5.00. The zero-order chi connectivity index (χ0) is 14.4. The van der Waals surface area contributed by atoms with E-state index < -0.39 is 0 Å². The second kappa shape index (κ2) is 7.15. The number of hydrogen-bond acceptors (Lipinski definition) is 5. The van der Waals surface area contributed by atoms with Crippen molar-refractivity contribution in [3.63, 3.8) is 0 Å². The molecule has 0 spiro atoms. The summed E-state index contributed by atoms with van der Waals surface area (Å²) in [4.78, 5) is 4.38. The van der Waals surface area contributed by atoms with Crippen molar-refractivity contribution in [1.29, 1.82) is 0 Å². The third kappa shape index (κ3) is 3.19. The van der Waals surface area contributed by atoms with E-state index in [1.165, 1.54) is 19.3 Å². The molecule has 3 N–H and O–H groups in total. The van der Waals surface area contributed by atoms with E-state index in [9.17, 15) is 0 Å². The average molecular weight is 281 g/mol. The van der Waals surface area contributed by atoms with Crippen LogP contribution in [-0.4, -0.2) is 33.5 Å². The number of nitrogens with one attached hydrogen (secondary N) is 1. The van der Waals surface area contributed by atoms with Crippen LogP contribution in [-0.2, 0) is 17.7 Å². The second-order valence-corrected chi connectivity index (χ2v) is 5.65. The van der Waals surface area contributed by atoms with Gasteiger partial charge in [-0.3, -0.25) is 16.0 Å². The van der Waals surface area contributed by atoms with Crippen LogP contribution in [0.4, 0.5) is 0 Å². The van der Waals surface area contributed by atoms with Gasteiger partial charge in [-0.1, -0.05) is 26.2 Å². The summed E-state index contributed by atoms with van der Waals surface area (Å²) in [5.74, 6) is 6.80. The molecule has 0 bridgehead atoms. The van der Waals surface area contributed by atoms with Crippen molar-refractivity contribution in [2.24, 2.45) is 5.84 Å². The number of ether oxygens (including phenoxy) is 1. The highest BCUT2D eigenvalue weighted by Crippen LogP contribution is 2.34. The number of nitrogens with zero attached hydrogens (tertiary/aromatic N) is 3. The molecular weight excluding hydrogens is 254 g/mol. The molecule has 114 valence electrons. The molecule has 1 aromatic rings. The average Bonchev–Trinajstić information content (AvgIpc) is 2.93. The Hall–Kier alpha value is -0.980. The Kier molecular flexibility index (Phi) is 5.51. The van der Waals surface area contributed by atoms with Crippen LogP contribution in [0.1, 0.15) is 51.3 Å². The molecule has 1 saturated carbocycles. The molecule has 2 rings (SSSR count). The lowest BCUT2D eigenvalue weighted by molar-refractivity contribution is -0.0679. The lowest BCUT2D eigenvalue weighted by Gasteiger charge is -2.42. The molecule has 6 heteroatoms. The van der Waals surface area contributed by atoms with Crippen LogP contribution in [0.2, 0.25) is 0 Å². The van der Waals surface area contributed by atoms with Gasteiger partial charge in [0.05, 0.1) is 11.6 Å². The zero-order valence-corrected chi connectivity index (χ0v) is 12.6. The number of methoxy groups -OCH3 is 1. The van der Waals surface area contributed by atoms with Crippen LogP contribution in [0, 0.1) is 0 Å². The molecular formula is C14H27N5O.